The van der Waals surface area contributed by atoms with Crippen molar-refractivity contribution >= 4 is 28.5 Å². The van der Waals surface area contributed by atoms with E-state index in [0.717, 1.165) is 0 Å². The summed E-state index contributed by atoms with van der Waals surface area (Å²) in [5.41, 5.74) is 0. The van der Waals surface area contributed by atoms with E-state index in [4.69, 9.17) is 5.11 Å². The van der Waals surface area contributed by atoms with E-state index in [0.29, 0.717) is 5.75 Å². The Hall–Kier alpha value is -4.65. The Kier molecular flexibility index (Phi) is 10.1. The smallest absolute Gasteiger partial charge is 0.144 e. The van der Waals surface area contributed by atoms with Gasteiger partial charge in [0.05, 0.1) is 0 Å². The first kappa shape index (κ1) is 27.4. The second-order valence-electron chi connectivity index (χ2n) is 8.66. The van der Waals surface area contributed by atoms with Gasteiger partial charge in [-0.25, -0.2) is 0 Å². The van der Waals surface area contributed by atoms with Gasteiger partial charge in [-0.1, -0.05) is 121 Å². The van der Waals surface area contributed by atoms with E-state index in [2.05, 4.69) is 121 Å². The average molecular weight is 527 g/mol. The van der Waals surface area contributed by atoms with Crippen molar-refractivity contribution in [3.8, 4) is 11.5 Å². The molecule has 0 amide bonds. The molecular weight excluding hydrogens is 495 g/mol. The molecule has 0 bridgehead atoms. The van der Waals surface area contributed by atoms with Gasteiger partial charge in [-0.3, -0.25) is 0 Å². The number of hydrogen-bond donors (Lipinski definition) is 1. The summed E-state index contributed by atoms with van der Waals surface area (Å²) < 4.78 is 0. The summed E-state index contributed by atoms with van der Waals surface area (Å²) in [5, 5.41) is 24.5. The van der Waals surface area contributed by atoms with Crippen LogP contribution in [-0.2, 0) is 0 Å². The molecule has 0 aliphatic carbocycles. The summed E-state index contributed by atoms with van der Waals surface area (Å²) in [5.74, 6) is 0.394. The van der Waals surface area contributed by atoms with Gasteiger partial charge in [0.15, 0.2) is 0 Å². The molecular formula is C36H31O2P. The Bertz CT molecular complexity index is 1280. The lowest BCUT2D eigenvalue weighted by molar-refractivity contribution is -0.268. The van der Waals surface area contributed by atoms with Crippen molar-refractivity contribution in [3.63, 3.8) is 0 Å². The average Bonchev–Trinajstić information content (AvgIpc) is 3.01. The Morgan fingerprint density at radius 2 is 0.564 bits per heavy atom. The summed E-state index contributed by atoms with van der Waals surface area (Å²) in [6.45, 7) is 0. The van der Waals surface area contributed by atoms with Crippen molar-refractivity contribution in [3.05, 3.63) is 182 Å². The number of rotatable bonds is 4. The van der Waals surface area contributed by atoms with Crippen molar-refractivity contribution in [1.29, 1.82) is 0 Å². The predicted octanol–water partition coefficient (Wildman–Crippen LogP) is 6.46. The van der Waals surface area contributed by atoms with Crippen LogP contribution in [0.2, 0.25) is 0 Å². The van der Waals surface area contributed by atoms with Crippen molar-refractivity contribution in [2.24, 2.45) is 0 Å². The molecule has 0 radical (unpaired) electrons. The van der Waals surface area contributed by atoms with Crippen LogP contribution < -0.4 is 26.3 Å². The SMILES string of the molecule is Oc1ccccc1.[O-]c1ccccc1.c1ccc([P+](c2ccccc2)(c2ccccc2)c2ccccc2)cc1. The van der Waals surface area contributed by atoms with E-state index in [1.54, 1.807) is 36.4 Å². The standard InChI is InChI=1S/C24H20P.2C6H6O/c1-5-13-21(14-6-1)25(22-15-7-2-8-16-22,23-17-9-3-10-18-23)24-19-11-4-12-20-24;2*7-6-4-2-1-3-5-6/h1-20H;2*1-5,7H/q+1;;/p-1. The maximum Gasteiger partial charge on any atom is 0.144 e. The fourth-order valence-corrected chi connectivity index (χ4v) is 8.62. The fraction of sp³-hybridized carbons (Fsp3) is 0. The van der Waals surface area contributed by atoms with Gasteiger partial charge in [0.1, 0.15) is 34.2 Å². The minimum absolute atomic E-state index is 0.0718. The highest BCUT2D eigenvalue weighted by Crippen LogP contribution is 2.53. The molecule has 0 aliphatic rings. The molecule has 6 rings (SSSR count). The van der Waals surface area contributed by atoms with Crippen molar-refractivity contribution < 1.29 is 10.2 Å². The van der Waals surface area contributed by atoms with E-state index >= 15 is 0 Å². The van der Waals surface area contributed by atoms with Gasteiger partial charge in [0.2, 0.25) is 0 Å². The van der Waals surface area contributed by atoms with Crippen LogP contribution in [0.3, 0.4) is 0 Å². The molecule has 0 fully saturated rings. The molecule has 6 aromatic rings. The van der Waals surface area contributed by atoms with E-state index in [1.165, 1.54) is 33.4 Å². The highest BCUT2D eigenvalue weighted by atomic mass is 31.2. The molecule has 6 aromatic carbocycles. The monoisotopic (exact) mass is 526 g/mol. The molecule has 192 valence electrons. The van der Waals surface area contributed by atoms with Crippen molar-refractivity contribution in [2.45, 2.75) is 0 Å². The largest absolute Gasteiger partial charge is 0.872 e. The van der Waals surface area contributed by atoms with Crippen LogP contribution in [0.1, 0.15) is 0 Å². The predicted molar refractivity (Wildman–Crippen MR) is 165 cm³/mol. The highest BCUT2D eigenvalue weighted by molar-refractivity contribution is 8.01. The Morgan fingerprint density at radius 3 is 0.744 bits per heavy atom. The molecule has 0 atom stereocenters. The second-order valence-corrected chi connectivity index (χ2v) is 12.1. The lowest BCUT2D eigenvalue weighted by Gasteiger charge is -2.27. The molecule has 39 heavy (non-hydrogen) atoms. The zero-order chi connectivity index (χ0) is 27.2. The third kappa shape index (κ3) is 7.23. The first-order valence-corrected chi connectivity index (χ1v) is 14.6. The summed E-state index contributed by atoms with van der Waals surface area (Å²) in [6, 6.07) is 60.9. The maximum absolute atomic E-state index is 10.3. The minimum Gasteiger partial charge on any atom is -0.872 e. The zero-order valence-corrected chi connectivity index (χ0v) is 22.5. The van der Waals surface area contributed by atoms with Crippen molar-refractivity contribution in [2.75, 3.05) is 0 Å². The van der Waals surface area contributed by atoms with Gasteiger partial charge in [0.25, 0.3) is 0 Å². The van der Waals surface area contributed by atoms with Crippen molar-refractivity contribution in [1.82, 2.24) is 0 Å². The Balaban J connectivity index is 0.000000205. The lowest BCUT2D eigenvalue weighted by Crippen LogP contribution is -2.38. The summed E-state index contributed by atoms with van der Waals surface area (Å²) in [6.07, 6.45) is 0. The molecule has 0 spiro atoms. The molecule has 0 heterocycles. The zero-order valence-electron chi connectivity index (χ0n) is 21.6. The highest BCUT2D eigenvalue weighted by Gasteiger charge is 2.47. The molecule has 1 N–H and O–H groups in total. The first-order chi connectivity index (χ1) is 19.2. The fourth-order valence-electron chi connectivity index (χ4n) is 4.35. The number of phenols is 1. The van der Waals surface area contributed by atoms with Crippen LogP contribution in [0.5, 0.6) is 11.5 Å². The van der Waals surface area contributed by atoms with Crippen LogP contribution in [-0.4, -0.2) is 5.11 Å². The Labute approximate surface area is 231 Å². The summed E-state index contributed by atoms with van der Waals surface area (Å²) >= 11 is 0. The van der Waals surface area contributed by atoms with E-state index in [-0.39, 0.29) is 5.75 Å². The van der Waals surface area contributed by atoms with Crippen LogP contribution in [0.4, 0.5) is 0 Å². The second kappa shape index (κ2) is 14.3. The van der Waals surface area contributed by atoms with E-state index in [1.807, 2.05) is 12.1 Å². The quantitative estimate of drug-likeness (QED) is 0.268. The molecule has 0 saturated carbocycles. The third-order valence-electron chi connectivity index (χ3n) is 6.07. The summed E-state index contributed by atoms with van der Waals surface area (Å²) in [4.78, 5) is 0. The number of aromatic hydroxyl groups is 1. The lowest BCUT2D eigenvalue weighted by atomic mass is 10.3. The van der Waals surface area contributed by atoms with Gasteiger partial charge in [-0.15, -0.1) is 5.75 Å². The normalized spacial score (nSPS) is 10.3. The van der Waals surface area contributed by atoms with Gasteiger partial charge in [-0.2, -0.15) is 0 Å². The molecule has 0 aliphatic heterocycles. The number of para-hydroxylation sites is 2. The van der Waals surface area contributed by atoms with E-state index in [9.17, 15) is 5.11 Å². The van der Waals surface area contributed by atoms with Crippen LogP contribution in [0.15, 0.2) is 182 Å². The minimum atomic E-state index is -1.91. The molecule has 3 heteroatoms. The topological polar surface area (TPSA) is 43.3 Å². The summed E-state index contributed by atoms with van der Waals surface area (Å²) in [7, 11) is -1.91. The van der Waals surface area contributed by atoms with Crippen LogP contribution >= 0.6 is 7.26 Å². The van der Waals surface area contributed by atoms with Crippen LogP contribution in [0.25, 0.3) is 0 Å². The van der Waals surface area contributed by atoms with Gasteiger partial charge in [-0.05, 0) is 60.7 Å². The molecule has 0 aromatic heterocycles. The number of benzene rings is 6. The Morgan fingerprint density at radius 1 is 0.333 bits per heavy atom. The number of phenolic OH excluding ortho intramolecular Hbond substituents is 1. The van der Waals surface area contributed by atoms with Gasteiger partial charge < -0.3 is 10.2 Å². The maximum atomic E-state index is 10.3. The van der Waals surface area contributed by atoms with Crippen LogP contribution in [0, 0.1) is 0 Å². The van der Waals surface area contributed by atoms with E-state index < -0.39 is 7.26 Å². The first-order valence-electron chi connectivity index (χ1n) is 12.8. The molecule has 2 nitrogen and oxygen atoms in total. The van der Waals surface area contributed by atoms with Gasteiger partial charge >= 0.3 is 0 Å². The van der Waals surface area contributed by atoms with Gasteiger partial charge in [0, 0.05) is 0 Å². The third-order valence-corrected chi connectivity index (χ3v) is 10.4. The molecule has 0 saturated heterocycles. The molecule has 0 unspecified atom stereocenters. The number of hydrogen-bond acceptors (Lipinski definition) is 2.